The van der Waals surface area contributed by atoms with Crippen molar-refractivity contribution in [1.29, 1.82) is 0 Å². The molecule has 0 atom stereocenters. The van der Waals surface area contributed by atoms with Gasteiger partial charge in [0.25, 0.3) is 0 Å². The zero-order chi connectivity index (χ0) is 5.28. The van der Waals surface area contributed by atoms with Gasteiger partial charge in [0.15, 0.2) is 0 Å². The van der Waals surface area contributed by atoms with Gasteiger partial charge in [0, 0.05) is 5.41 Å². The quantitative estimate of drug-likeness (QED) is 0.356. The molecular formula is C3H3F2NS. The van der Waals surface area contributed by atoms with Crippen LogP contribution in [0.3, 0.4) is 0 Å². The smallest absolute Gasteiger partial charge is 0.184 e. The minimum absolute atomic E-state index is 0.0602. The summed E-state index contributed by atoms with van der Waals surface area (Å²) in [6.45, 7) is 0. The summed E-state index contributed by atoms with van der Waals surface area (Å²) in [4.78, 5) is 0. The lowest BCUT2D eigenvalue weighted by Crippen LogP contribution is -2.01. The van der Waals surface area contributed by atoms with E-state index in [-0.39, 0.29) is 11.0 Å². The van der Waals surface area contributed by atoms with E-state index in [1.54, 1.807) is 0 Å². The summed E-state index contributed by atoms with van der Waals surface area (Å²) in [5.74, 6) is -0.698. The van der Waals surface area contributed by atoms with Crippen LogP contribution in [-0.2, 0) is 0 Å². The van der Waals surface area contributed by atoms with Crippen molar-refractivity contribution < 1.29 is 8.87 Å². The van der Waals surface area contributed by atoms with Crippen molar-refractivity contribution in [3.63, 3.8) is 0 Å². The van der Waals surface area contributed by atoms with E-state index in [0.29, 0.717) is 0 Å². The minimum Gasteiger partial charge on any atom is -0.184 e. The fourth-order valence-corrected chi connectivity index (χ4v) is 0.871. The number of hydrogen-bond donors (Lipinski definition) is 0. The first-order chi connectivity index (χ1) is 3.30. The molecule has 0 spiro atoms. The highest BCUT2D eigenvalue weighted by atomic mass is 32.2. The highest BCUT2D eigenvalue weighted by Crippen LogP contribution is 2.23. The summed E-state index contributed by atoms with van der Waals surface area (Å²) in [6.07, 6.45) is 0. The molecule has 0 bridgehead atoms. The topological polar surface area (TPSA) is 3.24 Å². The molecule has 1 aliphatic heterocycles. The van der Waals surface area contributed by atoms with Gasteiger partial charge in [-0.15, -0.1) is 11.8 Å². The van der Waals surface area contributed by atoms with Gasteiger partial charge in [0.05, 0.1) is 0 Å². The van der Waals surface area contributed by atoms with Crippen molar-refractivity contribution in [1.82, 2.24) is 5.12 Å². The third-order valence-corrected chi connectivity index (χ3v) is 1.34. The molecule has 0 aromatic rings. The molecule has 0 aliphatic carbocycles. The van der Waals surface area contributed by atoms with Crippen molar-refractivity contribution in [2.45, 2.75) is 0 Å². The first kappa shape index (κ1) is 4.90. The Balaban J connectivity index is 2.54. The number of thioether (sulfide) groups is 1. The van der Waals surface area contributed by atoms with E-state index in [1.807, 2.05) is 0 Å². The third kappa shape index (κ3) is 0.851. The van der Waals surface area contributed by atoms with Crippen molar-refractivity contribution in [2.24, 2.45) is 0 Å². The van der Waals surface area contributed by atoms with Gasteiger partial charge < -0.3 is 0 Å². The van der Waals surface area contributed by atoms with Crippen LogP contribution in [0.15, 0.2) is 11.4 Å². The molecule has 0 amide bonds. The van der Waals surface area contributed by atoms with Crippen molar-refractivity contribution >= 4 is 11.8 Å². The van der Waals surface area contributed by atoms with E-state index in [4.69, 9.17) is 0 Å². The molecule has 1 rings (SSSR count). The first-order valence-corrected chi connectivity index (χ1v) is 2.76. The summed E-state index contributed by atoms with van der Waals surface area (Å²) in [5.41, 5.74) is 0. The fraction of sp³-hybridized carbons (Fsp3) is 0.333. The maximum absolute atomic E-state index is 11.7. The highest BCUT2D eigenvalue weighted by Gasteiger charge is 2.12. The van der Waals surface area contributed by atoms with E-state index in [2.05, 4.69) is 0 Å². The molecular weight excluding hydrogens is 120 g/mol. The van der Waals surface area contributed by atoms with Crippen LogP contribution in [0.5, 0.6) is 0 Å². The van der Waals surface area contributed by atoms with Gasteiger partial charge >= 0.3 is 0 Å². The van der Waals surface area contributed by atoms with E-state index in [9.17, 15) is 8.87 Å². The van der Waals surface area contributed by atoms with Crippen molar-refractivity contribution in [2.75, 3.05) is 5.88 Å². The average molecular weight is 123 g/mol. The summed E-state index contributed by atoms with van der Waals surface area (Å²) in [5, 5.41) is 1.20. The fourth-order valence-electron chi connectivity index (χ4n) is 0.290. The molecule has 0 N–H and O–H groups in total. The van der Waals surface area contributed by atoms with Crippen molar-refractivity contribution in [3.05, 3.63) is 11.4 Å². The van der Waals surface area contributed by atoms with Crippen LogP contribution < -0.4 is 0 Å². The van der Waals surface area contributed by atoms with Gasteiger partial charge in [-0.05, 0) is 0 Å². The molecule has 1 nitrogen and oxygen atoms in total. The normalized spacial score (nSPS) is 20.3. The summed E-state index contributed by atoms with van der Waals surface area (Å²) in [6, 6.07) is 0. The lowest BCUT2D eigenvalue weighted by atomic mass is 10.9. The van der Waals surface area contributed by atoms with Crippen LogP contribution in [0.1, 0.15) is 0 Å². The van der Waals surface area contributed by atoms with Gasteiger partial charge in [-0.25, -0.2) is 0 Å². The predicted octanol–water partition coefficient (Wildman–Crippen LogP) is 1.65. The molecule has 40 valence electrons. The monoisotopic (exact) mass is 123 g/mol. The first-order valence-electron chi connectivity index (χ1n) is 1.71. The van der Waals surface area contributed by atoms with Crippen LogP contribution in [0.25, 0.3) is 0 Å². The Morgan fingerprint density at radius 1 is 1.86 bits per heavy atom. The maximum Gasteiger partial charge on any atom is 0.224 e. The molecule has 0 unspecified atom stereocenters. The lowest BCUT2D eigenvalue weighted by molar-refractivity contribution is 0.0676. The van der Waals surface area contributed by atoms with Gasteiger partial charge in [0.1, 0.15) is 5.88 Å². The van der Waals surface area contributed by atoms with Crippen LogP contribution in [0, 0.1) is 0 Å². The molecule has 1 aliphatic rings. The largest absolute Gasteiger partial charge is 0.224 e. The van der Waals surface area contributed by atoms with E-state index in [0.717, 1.165) is 17.2 Å². The Kier molecular flexibility index (Phi) is 1.19. The second kappa shape index (κ2) is 1.69. The zero-order valence-corrected chi connectivity index (χ0v) is 4.21. The molecule has 1 heterocycles. The molecule has 0 fully saturated rings. The SMILES string of the molecule is FC1=CSCN1F. The molecule has 0 aromatic heterocycles. The van der Waals surface area contributed by atoms with Crippen molar-refractivity contribution in [3.8, 4) is 0 Å². The Morgan fingerprint density at radius 3 is 2.71 bits per heavy atom. The molecule has 0 saturated carbocycles. The lowest BCUT2D eigenvalue weighted by Gasteiger charge is -1.97. The molecule has 0 aromatic carbocycles. The van der Waals surface area contributed by atoms with Crippen LogP contribution in [0.4, 0.5) is 8.87 Å². The average Bonchev–Trinajstić information content (AvgIpc) is 1.91. The summed E-state index contributed by atoms with van der Waals surface area (Å²) >= 11 is 1.10. The van der Waals surface area contributed by atoms with Gasteiger partial charge in [0.2, 0.25) is 5.95 Å². The Bertz CT molecular complexity index is 103. The third-order valence-electron chi connectivity index (χ3n) is 0.600. The van der Waals surface area contributed by atoms with Gasteiger partial charge in [-0.3, -0.25) is 0 Å². The number of halogens is 2. The van der Waals surface area contributed by atoms with Crippen LogP contribution in [0.2, 0.25) is 0 Å². The minimum atomic E-state index is -0.787. The Hall–Kier alpha value is -0.250. The van der Waals surface area contributed by atoms with E-state index in [1.165, 1.54) is 0 Å². The maximum atomic E-state index is 11.7. The predicted molar refractivity (Wildman–Crippen MR) is 24.6 cm³/mol. The van der Waals surface area contributed by atoms with Crippen LogP contribution >= 0.6 is 11.8 Å². The Labute approximate surface area is 43.9 Å². The summed E-state index contributed by atoms with van der Waals surface area (Å²) in [7, 11) is 0. The van der Waals surface area contributed by atoms with E-state index < -0.39 is 5.95 Å². The van der Waals surface area contributed by atoms with Crippen LogP contribution in [-0.4, -0.2) is 11.0 Å². The second-order valence-electron chi connectivity index (χ2n) is 1.10. The molecule has 4 heteroatoms. The summed E-state index contributed by atoms with van der Waals surface area (Å²) < 4.78 is 23.4. The standard InChI is InChI=1S/C3H3F2NS/c4-3-1-7-2-6(3)5/h1H,2H2. The number of hydrogen-bond acceptors (Lipinski definition) is 2. The molecule has 0 saturated heterocycles. The van der Waals surface area contributed by atoms with Gasteiger partial charge in [-0.1, -0.05) is 4.48 Å². The van der Waals surface area contributed by atoms with Gasteiger partial charge in [-0.2, -0.15) is 9.51 Å². The zero-order valence-electron chi connectivity index (χ0n) is 3.40. The second-order valence-corrected chi connectivity index (χ2v) is 1.93. The van der Waals surface area contributed by atoms with E-state index >= 15 is 0 Å². The number of nitrogens with zero attached hydrogens (tertiary/aromatic N) is 1. The highest BCUT2D eigenvalue weighted by molar-refractivity contribution is 8.02. The Morgan fingerprint density at radius 2 is 2.57 bits per heavy atom. The molecule has 0 radical (unpaired) electrons. The molecule has 7 heavy (non-hydrogen) atoms. The number of rotatable bonds is 0.